The van der Waals surface area contributed by atoms with E-state index in [9.17, 15) is 9.50 Å². The van der Waals surface area contributed by atoms with Crippen LogP contribution in [0.15, 0.2) is 18.2 Å². The maximum absolute atomic E-state index is 13.0. The molecule has 0 aliphatic heterocycles. The third-order valence-corrected chi connectivity index (χ3v) is 2.10. The molecule has 0 aliphatic rings. The van der Waals surface area contributed by atoms with Crippen molar-refractivity contribution in [3.8, 4) is 5.75 Å². The fourth-order valence-electron chi connectivity index (χ4n) is 1.21. The van der Waals surface area contributed by atoms with Crippen LogP contribution in [0.1, 0.15) is 25.8 Å². The van der Waals surface area contributed by atoms with Crippen molar-refractivity contribution in [2.24, 2.45) is 0 Å². The molecule has 0 saturated heterocycles. The number of benzene rings is 1. The molecular weight excluding hydrogens is 211 g/mol. The quantitative estimate of drug-likeness (QED) is 0.808. The van der Waals surface area contributed by atoms with Crippen molar-refractivity contribution in [3.05, 3.63) is 29.6 Å². The lowest BCUT2D eigenvalue weighted by Crippen LogP contribution is -2.21. The summed E-state index contributed by atoms with van der Waals surface area (Å²) in [6, 6.07) is 4.08. The van der Waals surface area contributed by atoms with Gasteiger partial charge in [0.1, 0.15) is 11.6 Å². The molecule has 2 N–H and O–H groups in total. The Morgan fingerprint density at radius 2 is 2.00 bits per heavy atom. The van der Waals surface area contributed by atoms with Crippen molar-refractivity contribution < 1.29 is 19.3 Å². The third-order valence-electron chi connectivity index (χ3n) is 2.10. The van der Waals surface area contributed by atoms with Gasteiger partial charge in [-0.15, -0.1) is 0 Å². The summed E-state index contributed by atoms with van der Waals surface area (Å²) in [5.74, 6) is -0.0712. The molecular formula is C12H17FO3. The van der Waals surface area contributed by atoms with Gasteiger partial charge in [0.15, 0.2) is 0 Å². The van der Waals surface area contributed by atoms with E-state index in [0.717, 1.165) is 0 Å². The first-order chi connectivity index (χ1) is 7.40. The highest BCUT2D eigenvalue weighted by Gasteiger charge is 2.12. The van der Waals surface area contributed by atoms with Gasteiger partial charge in [-0.25, -0.2) is 4.39 Å². The van der Waals surface area contributed by atoms with Crippen molar-refractivity contribution in [2.75, 3.05) is 6.61 Å². The Morgan fingerprint density at radius 1 is 1.31 bits per heavy atom. The van der Waals surface area contributed by atoms with Gasteiger partial charge in [0.2, 0.25) is 0 Å². The Bertz CT molecular complexity index is 345. The summed E-state index contributed by atoms with van der Waals surface area (Å²) >= 11 is 0. The number of aliphatic hydroxyl groups is 2. The monoisotopic (exact) mass is 228 g/mol. The van der Waals surface area contributed by atoms with Crippen LogP contribution in [0.25, 0.3) is 0 Å². The molecule has 0 atom stereocenters. The summed E-state index contributed by atoms with van der Waals surface area (Å²) in [4.78, 5) is 0. The Hall–Kier alpha value is -1.13. The van der Waals surface area contributed by atoms with Gasteiger partial charge in [-0.1, -0.05) is 0 Å². The van der Waals surface area contributed by atoms with Gasteiger partial charge in [-0.05, 0) is 31.5 Å². The van der Waals surface area contributed by atoms with E-state index in [-0.39, 0.29) is 6.61 Å². The van der Waals surface area contributed by atoms with Gasteiger partial charge in [-0.2, -0.15) is 0 Å². The second kappa shape index (κ2) is 5.27. The molecule has 16 heavy (non-hydrogen) atoms. The summed E-state index contributed by atoms with van der Waals surface area (Å²) in [6.07, 6.45) is 0.456. The first-order valence-corrected chi connectivity index (χ1v) is 5.16. The molecule has 0 radical (unpaired) electrons. The van der Waals surface area contributed by atoms with Crippen LogP contribution in [0.5, 0.6) is 5.75 Å². The van der Waals surface area contributed by atoms with Crippen LogP contribution in [-0.4, -0.2) is 22.4 Å². The number of ether oxygens (including phenoxy) is 1. The second-order valence-corrected chi connectivity index (χ2v) is 4.36. The SMILES string of the molecule is CC(C)(O)CCOc1cc(F)cc(CO)c1. The lowest BCUT2D eigenvalue weighted by Gasteiger charge is -2.17. The fourth-order valence-corrected chi connectivity index (χ4v) is 1.21. The highest BCUT2D eigenvalue weighted by atomic mass is 19.1. The van der Waals surface area contributed by atoms with E-state index >= 15 is 0 Å². The van der Waals surface area contributed by atoms with Crippen LogP contribution in [0.3, 0.4) is 0 Å². The molecule has 0 heterocycles. The maximum Gasteiger partial charge on any atom is 0.127 e. The molecule has 0 fully saturated rings. The van der Waals surface area contributed by atoms with E-state index in [1.807, 2.05) is 0 Å². The summed E-state index contributed by atoms with van der Waals surface area (Å²) in [5.41, 5.74) is -0.328. The average molecular weight is 228 g/mol. The zero-order valence-corrected chi connectivity index (χ0v) is 9.53. The number of hydrogen-bond acceptors (Lipinski definition) is 3. The molecule has 90 valence electrons. The van der Waals surface area contributed by atoms with Crippen LogP contribution in [-0.2, 0) is 6.61 Å². The molecule has 0 aromatic heterocycles. The van der Waals surface area contributed by atoms with E-state index in [1.54, 1.807) is 19.9 Å². The smallest absolute Gasteiger partial charge is 0.127 e. The minimum atomic E-state index is -0.798. The largest absolute Gasteiger partial charge is 0.493 e. The lowest BCUT2D eigenvalue weighted by molar-refractivity contribution is 0.0553. The molecule has 3 nitrogen and oxygen atoms in total. The molecule has 1 aromatic rings. The van der Waals surface area contributed by atoms with E-state index < -0.39 is 11.4 Å². The molecule has 1 aromatic carbocycles. The number of halogens is 1. The van der Waals surface area contributed by atoms with Crippen LogP contribution >= 0.6 is 0 Å². The van der Waals surface area contributed by atoms with E-state index in [2.05, 4.69) is 0 Å². The number of aliphatic hydroxyl groups excluding tert-OH is 1. The first-order valence-electron chi connectivity index (χ1n) is 5.16. The van der Waals surface area contributed by atoms with E-state index in [4.69, 9.17) is 9.84 Å². The average Bonchev–Trinajstić information content (AvgIpc) is 2.14. The van der Waals surface area contributed by atoms with Crippen LogP contribution in [0.4, 0.5) is 4.39 Å². The van der Waals surface area contributed by atoms with Gasteiger partial charge >= 0.3 is 0 Å². The van der Waals surface area contributed by atoms with Crippen molar-refractivity contribution in [2.45, 2.75) is 32.5 Å². The molecule has 0 bridgehead atoms. The third kappa shape index (κ3) is 4.59. The molecule has 0 saturated carbocycles. The zero-order valence-electron chi connectivity index (χ0n) is 9.53. The van der Waals surface area contributed by atoms with Crippen molar-refractivity contribution in [1.82, 2.24) is 0 Å². The van der Waals surface area contributed by atoms with Crippen LogP contribution < -0.4 is 4.74 Å². The van der Waals surface area contributed by atoms with Crippen molar-refractivity contribution in [3.63, 3.8) is 0 Å². The molecule has 1 rings (SSSR count). The first kappa shape index (κ1) is 12.9. The van der Waals surface area contributed by atoms with Crippen LogP contribution in [0, 0.1) is 5.82 Å². The molecule has 0 aliphatic carbocycles. The highest BCUT2D eigenvalue weighted by Crippen LogP contribution is 2.17. The van der Waals surface area contributed by atoms with Crippen LogP contribution in [0.2, 0.25) is 0 Å². The molecule has 0 unspecified atom stereocenters. The minimum absolute atomic E-state index is 0.223. The number of hydrogen-bond donors (Lipinski definition) is 2. The zero-order chi connectivity index (χ0) is 12.2. The van der Waals surface area contributed by atoms with E-state index in [0.29, 0.717) is 24.3 Å². The van der Waals surface area contributed by atoms with Gasteiger partial charge in [0.25, 0.3) is 0 Å². The molecule has 4 heteroatoms. The lowest BCUT2D eigenvalue weighted by atomic mass is 10.1. The molecule has 0 amide bonds. The van der Waals surface area contributed by atoms with Gasteiger partial charge in [0.05, 0.1) is 18.8 Å². The fraction of sp³-hybridized carbons (Fsp3) is 0.500. The summed E-state index contributed by atoms with van der Waals surface area (Å²) in [6.45, 7) is 3.44. The highest BCUT2D eigenvalue weighted by molar-refractivity contribution is 5.29. The van der Waals surface area contributed by atoms with Gasteiger partial charge in [0, 0.05) is 12.5 Å². The Morgan fingerprint density at radius 3 is 2.56 bits per heavy atom. The van der Waals surface area contributed by atoms with Crippen molar-refractivity contribution >= 4 is 0 Å². The predicted octanol–water partition coefficient (Wildman–Crippen LogP) is 1.86. The standard InChI is InChI=1S/C12H17FO3/c1-12(2,15)3-4-16-11-6-9(8-14)5-10(13)7-11/h5-7,14-15H,3-4,8H2,1-2H3. The molecule has 0 spiro atoms. The number of rotatable bonds is 5. The summed E-state index contributed by atoms with van der Waals surface area (Å²) in [7, 11) is 0. The Kier molecular flexibility index (Phi) is 4.26. The van der Waals surface area contributed by atoms with E-state index in [1.165, 1.54) is 12.1 Å². The Labute approximate surface area is 94.5 Å². The normalized spacial score (nSPS) is 11.6. The van der Waals surface area contributed by atoms with Gasteiger partial charge in [-0.3, -0.25) is 0 Å². The van der Waals surface area contributed by atoms with Crippen molar-refractivity contribution in [1.29, 1.82) is 0 Å². The second-order valence-electron chi connectivity index (χ2n) is 4.36. The Balaban J connectivity index is 2.57. The van der Waals surface area contributed by atoms with Gasteiger partial charge < -0.3 is 14.9 Å². The maximum atomic E-state index is 13.0. The summed E-state index contributed by atoms with van der Waals surface area (Å²) in [5, 5.41) is 18.3. The minimum Gasteiger partial charge on any atom is -0.493 e. The summed E-state index contributed by atoms with van der Waals surface area (Å²) < 4.78 is 18.3. The topological polar surface area (TPSA) is 49.7 Å². The predicted molar refractivity (Wildman–Crippen MR) is 58.7 cm³/mol.